The van der Waals surface area contributed by atoms with Gasteiger partial charge in [-0.1, -0.05) is 78.9 Å². The van der Waals surface area contributed by atoms with E-state index in [1.165, 1.54) is 0 Å². The van der Waals surface area contributed by atoms with Gasteiger partial charge in [-0.05, 0) is 47.0 Å². The Labute approximate surface area is 212 Å². The van der Waals surface area contributed by atoms with Crippen molar-refractivity contribution in [2.45, 2.75) is 19.4 Å². The molecule has 0 spiro atoms. The molecule has 0 bridgehead atoms. The molecule has 180 valence electrons. The second-order valence-corrected chi connectivity index (χ2v) is 8.42. The van der Waals surface area contributed by atoms with Crippen LogP contribution in [0.25, 0.3) is 6.08 Å². The topological polar surface area (TPSA) is 62.3 Å². The summed E-state index contributed by atoms with van der Waals surface area (Å²) in [5.74, 6) is -0.149. The van der Waals surface area contributed by atoms with Crippen molar-refractivity contribution in [3.8, 4) is 0 Å². The predicted octanol–water partition coefficient (Wildman–Crippen LogP) is 5.23. The van der Waals surface area contributed by atoms with E-state index in [1.807, 2.05) is 109 Å². The summed E-state index contributed by atoms with van der Waals surface area (Å²) in [7, 11) is 0. The summed E-state index contributed by atoms with van der Waals surface area (Å²) in [6.45, 7) is 0.993. The lowest BCUT2D eigenvalue weighted by Crippen LogP contribution is -2.29. The number of carbonyl (C=O) groups is 2. The number of nitrogens with zero attached hydrogens (tertiary/aromatic N) is 2. The summed E-state index contributed by atoms with van der Waals surface area (Å²) in [5.41, 5.74) is 4.62. The monoisotopic (exact) mass is 475 g/mol. The fourth-order valence-corrected chi connectivity index (χ4v) is 3.80. The Morgan fingerprint density at radius 3 is 2.17 bits per heavy atom. The zero-order chi connectivity index (χ0) is 25.0. The van der Waals surface area contributed by atoms with Crippen molar-refractivity contribution >= 4 is 23.6 Å². The van der Waals surface area contributed by atoms with E-state index in [2.05, 4.69) is 10.3 Å². The van der Waals surface area contributed by atoms with Crippen LogP contribution in [-0.2, 0) is 29.0 Å². The molecule has 0 aliphatic rings. The van der Waals surface area contributed by atoms with Gasteiger partial charge in [0.1, 0.15) is 0 Å². The molecule has 36 heavy (non-hydrogen) atoms. The highest BCUT2D eigenvalue weighted by atomic mass is 16.2. The number of hydrogen-bond acceptors (Lipinski definition) is 3. The fourth-order valence-electron chi connectivity index (χ4n) is 3.80. The fraction of sp³-hybridized carbons (Fsp3) is 0.129. The number of anilines is 1. The summed E-state index contributed by atoms with van der Waals surface area (Å²) in [6.07, 6.45) is 6.15. The number of benzene rings is 3. The molecule has 0 saturated carbocycles. The van der Waals surface area contributed by atoms with Crippen LogP contribution in [0.2, 0.25) is 0 Å². The highest BCUT2D eigenvalue weighted by Gasteiger charge is 2.14. The molecule has 0 radical (unpaired) electrons. The van der Waals surface area contributed by atoms with Gasteiger partial charge in [0, 0.05) is 36.6 Å². The quantitative estimate of drug-likeness (QED) is 0.320. The Hall–Kier alpha value is -4.51. The van der Waals surface area contributed by atoms with Crippen LogP contribution in [0.15, 0.2) is 115 Å². The molecule has 2 amide bonds. The molecule has 4 aromatic rings. The van der Waals surface area contributed by atoms with Gasteiger partial charge in [0.2, 0.25) is 5.91 Å². The predicted molar refractivity (Wildman–Crippen MR) is 144 cm³/mol. The third kappa shape index (κ3) is 7.50. The van der Waals surface area contributed by atoms with Crippen LogP contribution >= 0.6 is 0 Å². The number of aromatic nitrogens is 1. The van der Waals surface area contributed by atoms with Gasteiger partial charge in [-0.25, -0.2) is 0 Å². The summed E-state index contributed by atoms with van der Waals surface area (Å²) >= 11 is 0. The summed E-state index contributed by atoms with van der Waals surface area (Å²) in [4.78, 5) is 31.6. The highest BCUT2D eigenvalue weighted by Crippen LogP contribution is 2.20. The number of rotatable bonds is 10. The molecule has 5 nitrogen and oxygen atoms in total. The van der Waals surface area contributed by atoms with Crippen LogP contribution in [0.5, 0.6) is 0 Å². The van der Waals surface area contributed by atoms with Crippen molar-refractivity contribution in [1.82, 2.24) is 10.3 Å². The number of nitrogens with one attached hydrogen (secondary N) is 1. The van der Waals surface area contributed by atoms with E-state index >= 15 is 0 Å². The molecule has 1 heterocycles. The summed E-state index contributed by atoms with van der Waals surface area (Å²) in [5, 5.41) is 2.95. The molecule has 0 aliphatic carbocycles. The molecule has 0 unspecified atom stereocenters. The molecule has 1 aromatic heterocycles. The lowest BCUT2D eigenvalue weighted by atomic mass is 10.1. The first-order valence-electron chi connectivity index (χ1n) is 12.0. The molecule has 0 aliphatic heterocycles. The molecule has 0 fully saturated rings. The van der Waals surface area contributed by atoms with Gasteiger partial charge in [-0.3, -0.25) is 14.6 Å². The van der Waals surface area contributed by atoms with Gasteiger partial charge < -0.3 is 10.2 Å². The molecule has 5 heteroatoms. The van der Waals surface area contributed by atoms with Crippen molar-refractivity contribution in [3.63, 3.8) is 0 Å². The average molecular weight is 476 g/mol. The minimum absolute atomic E-state index is 0.0401. The van der Waals surface area contributed by atoms with Gasteiger partial charge in [0.15, 0.2) is 0 Å². The molecule has 1 N–H and O–H groups in total. The maximum atomic E-state index is 13.2. The van der Waals surface area contributed by atoms with Crippen LogP contribution < -0.4 is 10.2 Å². The minimum atomic E-state index is -0.109. The number of carbonyl (C=O) groups excluding carboxylic acids is 2. The summed E-state index contributed by atoms with van der Waals surface area (Å²) < 4.78 is 0. The van der Waals surface area contributed by atoms with Crippen LogP contribution in [0, 0.1) is 0 Å². The number of pyridine rings is 1. The van der Waals surface area contributed by atoms with E-state index < -0.39 is 0 Å². The van der Waals surface area contributed by atoms with Crippen LogP contribution in [0.4, 0.5) is 5.69 Å². The van der Waals surface area contributed by atoms with Crippen molar-refractivity contribution < 1.29 is 9.59 Å². The normalized spacial score (nSPS) is 10.8. The molecule has 0 atom stereocenters. The lowest BCUT2D eigenvalue weighted by Gasteiger charge is -2.22. The Balaban J connectivity index is 1.40. The van der Waals surface area contributed by atoms with E-state index in [0.29, 0.717) is 19.5 Å². The first kappa shape index (κ1) is 24.6. The average Bonchev–Trinajstić information content (AvgIpc) is 2.93. The smallest absolute Gasteiger partial charge is 0.251 e. The Morgan fingerprint density at radius 2 is 1.47 bits per heavy atom. The minimum Gasteiger partial charge on any atom is -0.355 e. The van der Waals surface area contributed by atoms with Gasteiger partial charge in [-0.2, -0.15) is 0 Å². The Bertz CT molecular complexity index is 1270. The molecular weight excluding hydrogens is 446 g/mol. The van der Waals surface area contributed by atoms with Crippen LogP contribution in [-0.4, -0.2) is 23.3 Å². The van der Waals surface area contributed by atoms with E-state index in [4.69, 9.17) is 0 Å². The third-order valence-electron chi connectivity index (χ3n) is 5.71. The number of hydrogen-bond donors (Lipinski definition) is 1. The maximum Gasteiger partial charge on any atom is 0.251 e. The van der Waals surface area contributed by atoms with Gasteiger partial charge in [-0.15, -0.1) is 0 Å². The maximum absolute atomic E-state index is 13.2. The van der Waals surface area contributed by atoms with Crippen molar-refractivity contribution in [2.75, 3.05) is 11.4 Å². The van der Waals surface area contributed by atoms with E-state index in [-0.39, 0.29) is 18.2 Å². The van der Waals surface area contributed by atoms with Crippen molar-refractivity contribution in [3.05, 3.63) is 138 Å². The zero-order valence-electron chi connectivity index (χ0n) is 20.1. The largest absolute Gasteiger partial charge is 0.355 e. The Morgan fingerprint density at radius 1 is 0.778 bits per heavy atom. The molecular formula is C31H29N3O2. The van der Waals surface area contributed by atoms with Gasteiger partial charge >= 0.3 is 0 Å². The van der Waals surface area contributed by atoms with Crippen molar-refractivity contribution in [1.29, 1.82) is 0 Å². The van der Waals surface area contributed by atoms with E-state index in [0.717, 1.165) is 28.1 Å². The van der Waals surface area contributed by atoms with E-state index in [9.17, 15) is 9.59 Å². The van der Waals surface area contributed by atoms with Gasteiger partial charge in [0.05, 0.1) is 13.0 Å². The van der Waals surface area contributed by atoms with Crippen LogP contribution in [0.3, 0.4) is 0 Å². The lowest BCUT2D eigenvalue weighted by molar-refractivity contribution is -0.120. The third-order valence-corrected chi connectivity index (χ3v) is 5.71. The second kappa shape index (κ2) is 12.8. The van der Waals surface area contributed by atoms with Crippen molar-refractivity contribution in [2.24, 2.45) is 0 Å². The second-order valence-electron chi connectivity index (χ2n) is 8.42. The number of amides is 2. The van der Waals surface area contributed by atoms with Crippen LogP contribution in [0.1, 0.15) is 22.4 Å². The molecule has 4 rings (SSSR count). The zero-order valence-corrected chi connectivity index (χ0v) is 20.1. The highest BCUT2D eigenvalue weighted by molar-refractivity contribution is 6.03. The summed E-state index contributed by atoms with van der Waals surface area (Å²) in [6, 6.07) is 33.0. The first-order valence-corrected chi connectivity index (χ1v) is 12.0. The van der Waals surface area contributed by atoms with E-state index in [1.54, 1.807) is 17.2 Å². The Kier molecular flexibility index (Phi) is 8.76. The molecule has 3 aromatic carbocycles. The standard InChI is InChI=1S/C31H29N3O2/c35-30(33-22-20-28-13-7-8-21-32-28)23-26-14-17-29(18-15-26)34(24-27-11-5-2-6-12-27)31(36)19-16-25-9-3-1-4-10-25/h1-19,21H,20,22-24H2,(H,33,35). The SMILES string of the molecule is O=C(Cc1ccc(N(Cc2ccccc2)C(=O)C=Cc2ccccc2)cc1)NCCc1ccccn1. The molecule has 0 saturated heterocycles. The first-order chi connectivity index (χ1) is 17.7. The van der Waals surface area contributed by atoms with Gasteiger partial charge in [0.25, 0.3) is 5.91 Å².